The van der Waals surface area contributed by atoms with E-state index in [-0.39, 0.29) is 32.0 Å². The minimum absolute atomic E-state index is 0.0427. The third-order valence-corrected chi connectivity index (χ3v) is 5.71. The molecule has 0 aromatic carbocycles. The smallest absolute Gasteiger partial charge is 0.434 e. The molecule has 230 valence electrons. The lowest BCUT2D eigenvalue weighted by molar-refractivity contribution is -0.0756. The molecule has 12 nitrogen and oxygen atoms in total. The molecule has 5 atom stereocenters. The van der Waals surface area contributed by atoms with Gasteiger partial charge < -0.3 is 38.6 Å². The Bertz CT molecular complexity index is 784. The van der Waals surface area contributed by atoms with Crippen molar-refractivity contribution in [2.75, 3.05) is 13.2 Å². The van der Waals surface area contributed by atoms with Gasteiger partial charge in [0.15, 0.2) is 5.72 Å². The van der Waals surface area contributed by atoms with Crippen LogP contribution in [0.15, 0.2) is 0 Å². The number of nitrogens with two attached hydrogens (primary N) is 1. The average molecular weight is 566 g/mol. The summed E-state index contributed by atoms with van der Waals surface area (Å²) in [4.78, 5) is 36.4. The van der Waals surface area contributed by atoms with Crippen LogP contribution in [0.4, 0.5) is 14.4 Å². The van der Waals surface area contributed by atoms with E-state index in [0.717, 1.165) is 0 Å². The topological polar surface area (TPSA) is 173 Å². The minimum Gasteiger partial charge on any atom is -0.434 e. The van der Waals surface area contributed by atoms with Gasteiger partial charge in [-0.1, -0.05) is 13.8 Å². The molecule has 0 rings (SSSR count). The van der Waals surface area contributed by atoms with E-state index in [1.165, 1.54) is 6.92 Å². The Morgan fingerprint density at radius 1 is 0.667 bits per heavy atom. The normalized spacial score (nSPS) is 17.1. The first-order valence-electron chi connectivity index (χ1n) is 13.2. The molecular formula is C27H51NO11. The SMILES string of the molecule is CC(COC(=O)OC(C)(C)C(C)COC(=O)OC(C)CC(C)(N)OC(=O)OC(C)CC(C)(C)O)CC(C)(C)O. The number of aliphatic hydroxyl groups is 2. The summed E-state index contributed by atoms with van der Waals surface area (Å²) in [6.45, 7) is 18.1. The van der Waals surface area contributed by atoms with E-state index < -0.39 is 59.1 Å². The first-order chi connectivity index (χ1) is 17.4. The van der Waals surface area contributed by atoms with Gasteiger partial charge in [0.25, 0.3) is 0 Å². The van der Waals surface area contributed by atoms with Gasteiger partial charge in [-0.15, -0.1) is 0 Å². The summed E-state index contributed by atoms with van der Waals surface area (Å²) in [5.74, 6) is -0.475. The molecule has 0 aliphatic carbocycles. The Morgan fingerprint density at radius 2 is 1.13 bits per heavy atom. The van der Waals surface area contributed by atoms with E-state index in [1.54, 1.807) is 62.3 Å². The van der Waals surface area contributed by atoms with Crippen LogP contribution in [0.2, 0.25) is 0 Å². The van der Waals surface area contributed by atoms with Crippen LogP contribution in [-0.2, 0) is 28.4 Å². The summed E-state index contributed by atoms with van der Waals surface area (Å²) in [5.41, 5.74) is 1.61. The van der Waals surface area contributed by atoms with Crippen molar-refractivity contribution in [2.45, 2.75) is 130 Å². The van der Waals surface area contributed by atoms with Gasteiger partial charge in [-0.3, -0.25) is 5.73 Å². The Hall–Kier alpha value is -2.31. The van der Waals surface area contributed by atoms with Crippen molar-refractivity contribution in [3.05, 3.63) is 0 Å². The van der Waals surface area contributed by atoms with E-state index in [1.807, 2.05) is 6.92 Å². The van der Waals surface area contributed by atoms with Crippen LogP contribution in [0, 0.1) is 11.8 Å². The second-order valence-electron chi connectivity index (χ2n) is 12.6. The summed E-state index contributed by atoms with van der Waals surface area (Å²) in [6.07, 6.45) is -3.59. The third-order valence-electron chi connectivity index (χ3n) is 5.71. The maximum absolute atomic E-state index is 12.2. The minimum atomic E-state index is -1.50. The van der Waals surface area contributed by atoms with Gasteiger partial charge in [-0.05, 0) is 74.7 Å². The average Bonchev–Trinajstić information content (AvgIpc) is 2.65. The molecule has 0 aliphatic heterocycles. The predicted octanol–water partition coefficient (Wildman–Crippen LogP) is 4.66. The molecule has 0 saturated carbocycles. The van der Waals surface area contributed by atoms with Crippen molar-refractivity contribution < 1.29 is 53.0 Å². The molecule has 0 radical (unpaired) electrons. The monoisotopic (exact) mass is 565 g/mol. The molecule has 39 heavy (non-hydrogen) atoms. The fourth-order valence-corrected chi connectivity index (χ4v) is 3.84. The first kappa shape index (κ1) is 36.7. The van der Waals surface area contributed by atoms with Crippen molar-refractivity contribution in [2.24, 2.45) is 17.6 Å². The highest BCUT2D eigenvalue weighted by molar-refractivity contribution is 5.61. The van der Waals surface area contributed by atoms with Crippen LogP contribution >= 0.6 is 0 Å². The second-order valence-corrected chi connectivity index (χ2v) is 12.6. The van der Waals surface area contributed by atoms with Crippen molar-refractivity contribution in [1.29, 1.82) is 0 Å². The van der Waals surface area contributed by atoms with Gasteiger partial charge in [0.2, 0.25) is 0 Å². The molecule has 0 aromatic rings. The zero-order valence-corrected chi connectivity index (χ0v) is 25.5. The van der Waals surface area contributed by atoms with E-state index in [9.17, 15) is 24.6 Å². The lowest BCUT2D eigenvalue weighted by atomic mass is 9.93. The maximum atomic E-state index is 12.2. The molecule has 0 bridgehead atoms. The molecule has 0 amide bonds. The number of rotatable bonds is 15. The molecule has 4 N–H and O–H groups in total. The van der Waals surface area contributed by atoms with E-state index >= 15 is 0 Å². The van der Waals surface area contributed by atoms with Crippen molar-refractivity contribution in [3.8, 4) is 0 Å². The molecule has 0 aromatic heterocycles. The third kappa shape index (κ3) is 18.6. The maximum Gasteiger partial charge on any atom is 0.510 e. The van der Waals surface area contributed by atoms with Crippen LogP contribution < -0.4 is 5.73 Å². The molecule has 0 aliphatic rings. The van der Waals surface area contributed by atoms with Gasteiger partial charge in [0.1, 0.15) is 24.4 Å². The predicted molar refractivity (Wildman–Crippen MR) is 143 cm³/mol. The number of ether oxygens (including phenoxy) is 6. The number of hydrogen-bond acceptors (Lipinski definition) is 12. The number of carbonyl (C=O) groups is 3. The van der Waals surface area contributed by atoms with Crippen LogP contribution in [0.3, 0.4) is 0 Å². The lowest BCUT2D eigenvalue weighted by Crippen LogP contribution is -2.45. The van der Waals surface area contributed by atoms with Gasteiger partial charge in [0, 0.05) is 18.8 Å². The van der Waals surface area contributed by atoms with E-state index in [0.29, 0.717) is 6.42 Å². The van der Waals surface area contributed by atoms with E-state index in [2.05, 4.69) is 0 Å². The molecule has 0 fully saturated rings. The van der Waals surface area contributed by atoms with Crippen LogP contribution in [0.5, 0.6) is 0 Å². The molecule has 12 heteroatoms. The highest BCUT2D eigenvalue weighted by atomic mass is 16.8. The van der Waals surface area contributed by atoms with Gasteiger partial charge in [0.05, 0.1) is 17.8 Å². The molecule has 0 spiro atoms. The second kappa shape index (κ2) is 14.9. The summed E-state index contributed by atoms with van der Waals surface area (Å²) < 4.78 is 31.2. The van der Waals surface area contributed by atoms with Crippen molar-refractivity contribution in [3.63, 3.8) is 0 Å². The van der Waals surface area contributed by atoms with Crippen LogP contribution in [-0.4, -0.2) is 76.6 Å². The molecule has 0 heterocycles. The fraction of sp³-hybridized carbons (Fsp3) is 0.889. The Labute approximate surface area is 232 Å². The highest BCUT2D eigenvalue weighted by Gasteiger charge is 2.34. The zero-order chi connectivity index (χ0) is 30.8. The van der Waals surface area contributed by atoms with E-state index in [4.69, 9.17) is 34.2 Å². The summed E-state index contributed by atoms with van der Waals surface area (Å²) >= 11 is 0. The van der Waals surface area contributed by atoms with Crippen molar-refractivity contribution >= 4 is 18.5 Å². The highest BCUT2D eigenvalue weighted by Crippen LogP contribution is 2.24. The zero-order valence-electron chi connectivity index (χ0n) is 25.5. The van der Waals surface area contributed by atoms with Gasteiger partial charge >= 0.3 is 18.5 Å². The fourth-order valence-electron chi connectivity index (χ4n) is 3.84. The Morgan fingerprint density at radius 3 is 1.64 bits per heavy atom. The molecule has 0 saturated heterocycles. The Kier molecular flexibility index (Phi) is 14.0. The van der Waals surface area contributed by atoms with Gasteiger partial charge in [-0.2, -0.15) is 0 Å². The standard InChI is InChI=1S/C27H51NO11/c1-17(12-24(5,6)32)15-34-22(30)38-26(9,10)18(2)16-35-21(29)36-20(4)14-27(11,28)39-23(31)37-19(3)13-25(7,8)33/h17-20,32-33H,12-16,28H2,1-11H3. The number of hydrogen-bond donors (Lipinski definition) is 3. The van der Waals surface area contributed by atoms with Gasteiger partial charge in [-0.25, -0.2) is 14.4 Å². The summed E-state index contributed by atoms with van der Waals surface area (Å²) in [6, 6.07) is 0. The molecular weight excluding hydrogens is 514 g/mol. The summed E-state index contributed by atoms with van der Waals surface area (Å²) in [7, 11) is 0. The largest absolute Gasteiger partial charge is 0.510 e. The van der Waals surface area contributed by atoms with Crippen molar-refractivity contribution in [1.82, 2.24) is 0 Å². The quantitative estimate of drug-likeness (QED) is 0.143. The molecule has 5 unspecified atom stereocenters. The summed E-state index contributed by atoms with van der Waals surface area (Å²) in [5, 5.41) is 19.7. The first-order valence-corrected chi connectivity index (χ1v) is 13.2. The lowest BCUT2D eigenvalue weighted by Gasteiger charge is -2.31. The number of carbonyl (C=O) groups excluding carboxylic acids is 3. The van der Waals surface area contributed by atoms with Crippen LogP contribution in [0.25, 0.3) is 0 Å². The van der Waals surface area contributed by atoms with Crippen LogP contribution in [0.1, 0.15) is 95.4 Å². The Balaban J connectivity index is 4.56.